The molecule has 2 amide bonds. The number of imide groups is 1. The molecule has 1 heterocycles. The number of nitro groups is 1. The normalized spacial score (nSPS) is 14.7. The fraction of sp³-hybridized carbons (Fsp3) is 0.182. The fourth-order valence-corrected chi connectivity index (χ4v) is 1.86. The Balaban J connectivity index is 2.73. The molecule has 0 saturated heterocycles. The van der Waals surface area contributed by atoms with E-state index in [0.29, 0.717) is 0 Å². The topological polar surface area (TPSA) is 97.6 Å². The highest BCUT2D eigenvalue weighted by molar-refractivity contribution is 6.49. The van der Waals surface area contributed by atoms with Gasteiger partial charge >= 0.3 is 5.91 Å². The van der Waals surface area contributed by atoms with Crippen molar-refractivity contribution in [2.45, 2.75) is 6.92 Å². The Bertz CT molecular complexity index is 593. The first kappa shape index (κ1) is 11.9. The second-order valence-corrected chi connectivity index (χ2v) is 3.64. The number of carbonyl (C=O) groups is 3. The number of ketones is 1. The molecule has 0 bridgehead atoms. The molecule has 0 spiro atoms. The molecule has 0 fully saturated rings. The summed E-state index contributed by atoms with van der Waals surface area (Å²) in [7, 11) is 0. The van der Waals surface area contributed by atoms with E-state index in [0.717, 1.165) is 11.0 Å². The SMILES string of the molecule is CCN1C(=O)C(=O)c2c(cccc2[N+](=O)[O-])C1=O. The van der Waals surface area contributed by atoms with Crippen LogP contribution in [0, 0.1) is 10.1 Å². The predicted molar refractivity (Wildman–Crippen MR) is 59.1 cm³/mol. The lowest BCUT2D eigenvalue weighted by molar-refractivity contribution is -0.385. The minimum absolute atomic E-state index is 0.0472. The van der Waals surface area contributed by atoms with Gasteiger partial charge in [0.25, 0.3) is 17.4 Å². The van der Waals surface area contributed by atoms with Gasteiger partial charge in [0.2, 0.25) is 0 Å². The summed E-state index contributed by atoms with van der Waals surface area (Å²) < 4.78 is 0. The Hall–Kier alpha value is -2.57. The maximum atomic E-state index is 11.9. The Morgan fingerprint density at radius 1 is 1.22 bits per heavy atom. The molecule has 0 aromatic heterocycles. The van der Waals surface area contributed by atoms with Gasteiger partial charge in [-0.25, -0.2) is 0 Å². The predicted octanol–water partition coefficient (Wildman–Crippen LogP) is 0.780. The van der Waals surface area contributed by atoms with Crippen molar-refractivity contribution in [3.63, 3.8) is 0 Å². The van der Waals surface area contributed by atoms with E-state index in [1.807, 2.05) is 0 Å². The number of hydrogen-bond donors (Lipinski definition) is 0. The van der Waals surface area contributed by atoms with Crippen molar-refractivity contribution < 1.29 is 19.3 Å². The molecule has 1 aliphatic heterocycles. The molecule has 0 N–H and O–H groups in total. The number of amides is 2. The lowest BCUT2D eigenvalue weighted by atomic mass is 9.95. The smallest absolute Gasteiger partial charge is 0.283 e. The summed E-state index contributed by atoms with van der Waals surface area (Å²) in [6.45, 7) is 1.59. The zero-order valence-corrected chi connectivity index (χ0v) is 9.37. The summed E-state index contributed by atoms with van der Waals surface area (Å²) in [5.41, 5.74) is -1.03. The minimum Gasteiger partial charge on any atom is -0.283 e. The Kier molecular flexibility index (Phi) is 2.66. The maximum absolute atomic E-state index is 11.9. The average molecular weight is 248 g/mol. The van der Waals surface area contributed by atoms with E-state index in [1.54, 1.807) is 6.92 Å². The number of likely N-dealkylation sites (N-methyl/N-ethyl adjacent to an activating group) is 1. The molecule has 0 radical (unpaired) electrons. The quantitative estimate of drug-likeness (QED) is 0.333. The van der Waals surface area contributed by atoms with Gasteiger partial charge in [-0.15, -0.1) is 0 Å². The third-order valence-electron chi connectivity index (χ3n) is 2.70. The van der Waals surface area contributed by atoms with Crippen LogP contribution in [0.3, 0.4) is 0 Å². The summed E-state index contributed by atoms with van der Waals surface area (Å²) in [5.74, 6) is -2.72. The van der Waals surface area contributed by atoms with Crippen LogP contribution in [0.5, 0.6) is 0 Å². The first-order chi connectivity index (χ1) is 8.49. The molecule has 7 heteroatoms. The first-order valence-corrected chi connectivity index (χ1v) is 5.17. The van der Waals surface area contributed by atoms with E-state index in [1.165, 1.54) is 12.1 Å². The summed E-state index contributed by atoms with van der Waals surface area (Å²) >= 11 is 0. The van der Waals surface area contributed by atoms with E-state index in [4.69, 9.17) is 0 Å². The molecular formula is C11H8N2O5. The number of nitrogens with zero attached hydrogens (tertiary/aromatic N) is 2. The fourth-order valence-electron chi connectivity index (χ4n) is 1.86. The highest BCUT2D eigenvalue weighted by Crippen LogP contribution is 2.28. The van der Waals surface area contributed by atoms with Crippen LogP contribution in [0.15, 0.2) is 18.2 Å². The zero-order chi connectivity index (χ0) is 13.4. The molecule has 18 heavy (non-hydrogen) atoms. The second-order valence-electron chi connectivity index (χ2n) is 3.64. The van der Waals surface area contributed by atoms with Crippen LogP contribution in [0.4, 0.5) is 5.69 Å². The van der Waals surface area contributed by atoms with Crippen molar-refractivity contribution in [1.29, 1.82) is 0 Å². The summed E-state index contributed by atoms with van der Waals surface area (Å²) in [6.07, 6.45) is 0. The minimum atomic E-state index is -1.02. The molecule has 0 unspecified atom stereocenters. The maximum Gasteiger partial charge on any atom is 0.302 e. The lowest BCUT2D eigenvalue weighted by Crippen LogP contribution is -2.46. The number of fused-ring (bicyclic) bond motifs is 1. The van der Waals surface area contributed by atoms with Crippen molar-refractivity contribution in [2.75, 3.05) is 6.54 Å². The lowest BCUT2D eigenvalue weighted by Gasteiger charge is -2.23. The van der Waals surface area contributed by atoms with Crippen LogP contribution in [0.2, 0.25) is 0 Å². The molecule has 1 aromatic rings. The third kappa shape index (κ3) is 1.48. The van der Waals surface area contributed by atoms with E-state index >= 15 is 0 Å². The second kappa shape index (κ2) is 4.02. The van der Waals surface area contributed by atoms with Gasteiger partial charge in [0.1, 0.15) is 5.56 Å². The van der Waals surface area contributed by atoms with Crippen LogP contribution in [0.1, 0.15) is 27.6 Å². The Morgan fingerprint density at radius 2 is 1.89 bits per heavy atom. The van der Waals surface area contributed by atoms with Crippen LogP contribution in [-0.2, 0) is 4.79 Å². The Morgan fingerprint density at radius 3 is 2.44 bits per heavy atom. The third-order valence-corrected chi connectivity index (χ3v) is 2.70. The van der Waals surface area contributed by atoms with Crippen molar-refractivity contribution in [2.24, 2.45) is 0 Å². The molecule has 7 nitrogen and oxygen atoms in total. The van der Waals surface area contributed by atoms with Gasteiger partial charge in [-0.1, -0.05) is 6.07 Å². The van der Waals surface area contributed by atoms with Gasteiger partial charge in [-0.2, -0.15) is 0 Å². The Labute approximate surface area is 101 Å². The van der Waals surface area contributed by atoms with E-state index in [9.17, 15) is 24.5 Å². The number of rotatable bonds is 2. The number of nitro benzene ring substituents is 1. The van der Waals surface area contributed by atoms with Gasteiger partial charge in [0.05, 0.1) is 10.5 Å². The van der Waals surface area contributed by atoms with Crippen LogP contribution in [-0.4, -0.2) is 34.0 Å². The molecule has 1 aliphatic rings. The highest BCUT2D eigenvalue weighted by Gasteiger charge is 2.41. The summed E-state index contributed by atoms with van der Waals surface area (Å²) in [4.78, 5) is 46.1. The molecule has 2 rings (SSSR count). The van der Waals surface area contributed by atoms with E-state index in [2.05, 4.69) is 0 Å². The summed E-state index contributed by atoms with van der Waals surface area (Å²) in [6, 6.07) is 3.71. The average Bonchev–Trinajstić information content (AvgIpc) is 2.36. The summed E-state index contributed by atoms with van der Waals surface area (Å²) in [5, 5.41) is 10.8. The largest absolute Gasteiger partial charge is 0.302 e. The van der Waals surface area contributed by atoms with Gasteiger partial charge in [-0.3, -0.25) is 29.4 Å². The first-order valence-electron chi connectivity index (χ1n) is 5.17. The molecule has 0 aliphatic carbocycles. The van der Waals surface area contributed by atoms with Gasteiger partial charge in [0.15, 0.2) is 0 Å². The van der Waals surface area contributed by atoms with Gasteiger partial charge < -0.3 is 0 Å². The van der Waals surface area contributed by atoms with Crippen LogP contribution in [0.25, 0.3) is 0 Å². The van der Waals surface area contributed by atoms with E-state index < -0.39 is 33.8 Å². The molecule has 1 aromatic carbocycles. The number of hydrogen-bond acceptors (Lipinski definition) is 5. The molecule has 0 saturated carbocycles. The standard InChI is InChI=1S/C11H8N2O5/c1-2-12-10(15)6-4-3-5-7(13(17)18)8(6)9(14)11(12)16/h3-5H,2H2,1H3. The van der Waals surface area contributed by atoms with Crippen molar-refractivity contribution >= 4 is 23.3 Å². The van der Waals surface area contributed by atoms with Crippen LogP contribution >= 0.6 is 0 Å². The molecular weight excluding hydrogens is 240 g/mol. The van der Waals surface area contributed by atoms with Crippen LogP contribution < -0.4 is 0 Å². The number of Topliss-reactive ketones (excluding diaryl/α,β-unsaturated/α-hetero) is 1. The van der Waals surface area contributed by atoms with Gasteiger partial charge in [0, 0.05) is 12.6 Å². The van der Waals surface area contributed by atoms with Gasteiger partial charge in [-0.05, 0) is 13.0 Å². The number of carbonyl (C=O) groups excluding carboxylic acids is 3. The van der Waals surface area contributed by atoms with Crippen molar-refractivity contribution in [1.82, 2.24) is 4.90 Å². The number of benzene rings is 1. The van der Waals surface area contributed by atoms with E-state index in [-0.39, 0.29) is 12.1 Å². The molecule has 0 atom stereocenters. The van der Waals surface area contributed by atoms with Crippen molar-refractivity contribution in [3.05, 3.63) is 39.4 Å². The highest BCUT2D eigenvalue weighted by atomic mass is 16.6. The monoisotopic (exact) mass is 248 g/mol. The van der Waals surface area contributed by atoms with Crippen molar-refractivity contribution in [3.8, 4) is 0 Å². The molecule has 92 valence electrons. The zero-order valence-electron chi connectivity index (χ0n) is 9.37.